The van der Waals surface area contributed by atoms with Crippen LogP contribution in [0.3, 0.4) is 0 Å². The summed E-state index contributed by atoms with van der Waals surface area (Å²) in [5.74, 6) is 0.632. The molecule has 2 aromatic heterocycles. The van der Waals surface area contributed by atoms with Gasteiger partial charge < -0.3 is 24.3 Å². The second-order valence-electron chi connectivity index (χ2n) is 7.93. The van der Waals surface area contributed by atoms with Gasteiger partial charge in [0, 0.05) is 23.9 Å². The summed E-state index contributed by atoms with van der Waals surface area (Å²) in [7, 11) is 1.48. The maximum Gasteiger partial charge on any atom is 0.414 e. The van der Waals surface area contributed by atoms with E-state index >= 15 is 0 Å². The second kappa shape index (κ2) is 9.45. The molecular formula is C24H22N4O7. The van der Waals surface area contributed by atoms with Crippen LogP contribution in [0.5, 0.6) is 17.4 Å². The molecule has 0 saturated carbocycles. The second-order valence-corrected chi connectivity index (χ2v) is 7.93. The van der Waals surface area contributed by atoms with Crippen LogP contribution >= 0.6 is 0 Å². The van der Waals surface area contributed by atoms with Crippen LogP contribution in [-0.2, 0) is 9.53 Å². The number of amides is 2. The number of cyclic esters (lactones) is 1. The molecule has 2 amide bonds. The van der Waals surface area contributed by atoms with E-state index in [0.717, 1.165) is 0 Å². The lowest BCUT2D eigenvalue weighted by atomic mass is 10.1. The zero-order chi connectivity index (χ0) is 24.4. The molecule has 4 heterocycles. The first-order chi connectivity index (χ1) is 17.0. The first kappa shape index (κ1) is 22.4. The molecule has 0 unspecified atom stereocenters. The van der Waals surface area contributed by atoms with Crippen molar-refractivity contribution >= 4 is 34.5 Å². The van der Waals surface area contributed by atoms with Gasteiger partial charge in [0.2, 0.25) is 11.8 Å². The molecule has 180 valence electrons. The lowest BCUT2D eigenvalue weighted by molar-refractivity contribution is -0.120. The molecule has 35 heavy (non-hydrogen) atoms. The molecule has 0 radical (unpaired) electrons. The number of methoxy groups -OCH3 is 1. The molecule has 11 heteroatoms. The summed E-state index contributed by atoms with van der Waals surface area (Å²) in [5, 5.41) is 2.67. The number of nitrogens with one attached hydrogen (secondary N) is 1. The zero-order valence-electron chi connectivity index (χ0n) is 18.9. The molecule has 1 atom stereocenters. The smallest absolute Gasteiger partial charge is 0.414 e. The molecule has 2 aliphatic heterocycles. The number of hydrogen-bond acceptors (Lipinski definition) is 9. The SMILES string of the molecule is COc1ccc2nccc(C(=O)CC(=O)NC[C@@H]3CN(c4ccc5c(c4)OCCO5)C(=O)O3)c2n1. The van der Waals surface area contributed by atoms with Gasteiger partial charge >= 0.3 is 6.09 Å². The fraction of sp³-hybridized carbons (Fsp3) is 0.292. The van der Waals surface area contributed by atoms with E-state index in [1.165, 1.54) is 24.3 Å². The molecular weight excluding hydrogens is 456 g/mol. The highest BCUT2D eigenvalue weighted by Gasteiger charge is 2.33. The molecule has 3 aromatic rings. The highest BCUT2D eigenvalue weighted by Crippen LogP contribution is 2.35. The van der Waals surface area contributed by atoms with Crippen LogP contribution in [0.4, 0.5) is 10.5 Å². The van der Waals surface area contributed by atoms with Crippen LogP contribution in [0.2, 0.25) is 0 Å². The van der Waals surface area contributed by atoms with Crippen LogP contribution in [0.25, 0.3) is 11.0 Å². The number of pyridine rings is 2. The predicted molar refractivity (Wildman–Crippen MR) is 123 cm³/mol. The Morgan fingerprint density at radius 1 is 1.14 bits per heavy atom. The van der Waals surface area contributed by atoms with Crippen LogP contribution in [-0.4, -0.2) is 67.3 Å². The molecule has 1 N–H and O–H groups in total. The number of fused-ring (bicyclic) bond motifs is 2. The van der Waals surface area contributed by atoms with Gasteiger partial charge in [-0.25, -0.2) is 9.78 Å². The highest BCUT2D eigenvalue weighted by molar-refractivity contribution is 6.12. The number of rotatable bonds is 7. The van der Waals surface area contributed by atoms with Gasteiger partial charge in [0.1, 0.15) is 24.8 Å². The van der Waals surface area contributed by atoms with Gasteiger partial charge in [0.15, 0.2) is 17.3 Å². The molecule has 0 spiro atoms. The molecule has 0 aliphatic carbocycles. The largest absolute Gasteiger partial charge is 0.486 e. The number of nitrogens with zero attached hydrogens (tertiary/aromatic N) is 3. The number of ether oxygens (including phenoxy) is 4. The third-order valence-corrected chi connectivity index (χ3v) is 5.63. The average molecular weight is 478 g/mol. The molecule has 2 aliphatic rings. The van der Waals surface area contributed by atoms with Crippen LogP contribution in [0.15, 0.2) is 42.6 Å². The predicted octanol–water partition coefficient (Wildman–Crippen LogP) is 2.12. The minimum absolute atomic E-state index is 0.0715. The Kier molecular flexibility index (Phi) is 6.04. The van der Waals surface area contributed by atoms with E-state index in [9.17, 15) is 14.4 Å². The number of ketones is 1. The number of aromatic nitrogens is 2. The van der Waals surface area contributed by atoms with Crippen molar-refractivity contribution in [1.82, 2.24) is 15.3 Å². The van der Waals surface area contributed by atoms with E-state index in [1.54, 1.807) is 30.3 Å². The Labute approximate surface area is 199 Å². The maximum absolute atomic E-state index is 12.8. The van der Waals surface area contributed by atoms with E-state index in [4.69, 9.17) is 18.9 Å². The number of Topliss-reactive ketones (excluding diaryl/α,β-unsaturated/α-hetero) is 1. The van der Waals surface area contributed by atoms with Gasteiger partial charge in [-0.15, -0.1) is 0 Å². The summed E-state index contributed by atoms with van der Waals surface area (Å²) in [6.45, 7) is 1.23. The Morgan fingerprint density at radius 2 is 1.97 bits per heavy atom. The lowest BCUT2D eigenvalue weighted by Crippen LogP contribution is -2.35. The van der Waals surface area contributed by atoms with E-state index in [1.807, 2.05) is 0 Å². The van der Waals surface area contributed by atoms with Crippen LogP contribution < -0.4 is 24.4 Å². The third-order valence-electron chi connectivity index (χ3n) is 5.63. The minimum Gasteiger partial charge on any atom is -0.486 e. The highest BCUT2D eigenvalue weighted by atomic mass is 16.6. The van der Waals surface area contributed by atoms with Crippen LogP contribution in [0, 0.1) is 0 Å². The van der Waals surface area contributed by atoms with E-state index in [2.05, 4.69) is 15.3 Å². The quantitative estimate of drug-likeness (QED) is 0.401. The van der Waals surface area contributed by atoms with Crippen molar-refractivity contribution in [2.75, 3.05) is 38.3 Å². The Balaban J connectivity index is 1.19. The minimum atomic E-state index is -0.567. The molecule has 0 bridgehead atoms. The number of anilines is 1. The standard InChI is InChI=1S/C24H22N4O7/c1-32-22-5-3-17-23(27-22)16(6-7-25-17)18(29)11-21(30)26-12-15-13-28(24(31)35-15)14-2-4-19-20(10-14)34-9-8-33-19/h2-7,10,15H,8-9,11-13H2,1H3,(H,26,30)/t15-/m1/s1. The molecule has 1 saturated heterocycles. The summed E-state index contributed by atoms with van der Waals surface area (Å²) in [6.07, 6.45) is 0.0130. The average Bonchev–Trinajstić information content (AvgIpc) is 3.26. The summed E-state index contributed by atoms with van der Waals surface area (Å²) < 4.78 is 21.6. The molecule has 1 fully saturated rings. The van der Waals surface area contributed by atoms with Gasteiger partial charge in [-0.1, -0.05) is 0 Å². The first-order valence-electron chi connectivity index (χ1n) is 11.0. The topological polar surface area (TPSA) is 129 Å². The zero-order valence-corrected chi connectivity index (χ0v) is 18.9. The number of carbonyl (C=O) groups excluding carboxylic acids is 3. The molecule has 1 aromatic carbocycles. The van der Waals surface area contributed by atoms with Crippen LogP contribution in [0.1, 0.15) is 16.8 Å². The number of carbonyl (C=O) groups is 3. The fourth-order valence-corrected chi connectivity index (χ4v) is 3.92. The number of hydrogen-bond donors (Lipinski definition) is 1. The van der Waals surface area contributed by atoms with E-state index in [-0.39, 0.29) is 25.1 Å². The summed E-state index contributed by atoms with van der Waals surface area (Å²) in [5.41, 5.74) is 1.77. The van der Waals surface area contributed by atoms with Crippen molar-refractivity contribution in [3.8, 4) is 17.4 Å². The Morgan fingerprint density at radius 3 is 2.80 bits per heavy atom. The normalized spacial score (nSPS) is 16.7. The van der Waals surface area contributed by atoms with Crippen molar-refractivity contribution in [2.24, 2.45) is 0 Å². The van der Waals surface area contributed by atoms with Crippen molar-refractivity contribution < 1.29 is 33.3 Å². The Hall–Kier alpha value is -4.41. The summed E-state index contributed by atoms with van der Waals surface area (Å²) in [6, 6.07) is 10.1. The van der Waals surface area contributed by atoms with Gasteiger partial charge in [-0.05, 0) is 24.3 Å². The molecule has 11 nitrogen and oxygen atoms in total. The third kappa shape index (κ3) is 4.65. The first-order valence-corrected chi connectivity index (χ1v) is 11.0. The van der Waals surface area contributed by atoms with Gasteiger partial charge in [0.25, 0.3) is 0 Å². The Bertz CT molecular complexity index is 1310. The fourth-order valence-electron chi connectivity index (χ4n) is 3.92. The maximum atomic E-state index is 12.8. The summed E-state index contributed by atoms with van der Waals surface area (Å²) >= 11 is 0. The van der Waals surface area contributed by atoms with Gasteiger partial charge in [-0.3, -0.25) is 19.5 Å². The van der Waals surface area contributed by atoms with Gasteiger partial charge in [-0.2, -0.15) is 0 Å². The molecule has 5 rings (SSSR count). The monoisotopic (exact) mass is 478 g/mol. The van der Waals surface area contributed by atoms with Crippen molar-refractivity contribution in [3.63, 3.8) is 0 Å². The summed E-state index contributed by atoms with van der Waals surface area (Å²) in [4.78, 5) is 47.6. The van der Waals surface area contributed by atoms with Crippen molar-refractivity contribution in [1.29, 1.82) is 0 Å². The van der Waals surface area contributed by atoms with Crippen molar-refractivity contribution in [3.05, 3.63) is 48.2 Å². The van der Waals surface area contributed by atoms with Gasteiger partial charge in [0.05, 0.1) is 37.8 Å². The van der Waals surface area contributed by atoms with E-state index in [0.29, 0.717) is 47.3 Å². The van der Waals surface area contributed by atoms with E-state index < -0.39 is 23.9 Å². The number of benzene rings is 1. The van der Waals surface area contributed by atoms with Crippen molar-refractivity contribution in [2.45, 2.75) is 12.5 Å². The lowest BCUT2D eigenvalue weighted by Gasteiger charge is -2.21.